The lowest BCUT2D eigenvalue weighted by molar-refractivity contribution is -0.133. The maximum atomic E-state index is 12.6. The van der Waals surface area contributed by atoms with E-state index in [2.05, 4.69) is 51.4 Å². The lowest BCUT2D eigenvalue weighted by Gasteiger charge is -2.34. The first kappa shape index (κ1) is 20.4. The smallest absolute Gasteiger partial charge is 0.257 e. The topological polar surface area (TPSA) is 62.5 Å². The van der Waals surface area contributed by atoms with Gasteiger partial charge >= 0.3 is 0 Å². The molecule has 0 radical (unpaired) electrons. The predicted octanol–water partition coefficient (Wildman–Crippen LogP) is 4.17. The van der Waals surface area contributed by atoms with E-state index in [1.54, 1.807) is 0 Å². The first-order valence-corrected chi connectivity index (χ1v) is 11.1. The highest BCUT2D eigenvalue weighted by atomic mass is 16.5. The number of benzene rings is 3. The van der Waals surface area contributed by atoms with Gasteiger partial charge in [0, 0.05) is 38.2 Å². The highest BCUT2D eigenvalue weighted by Crippen LogP contribution is 2.23. The average Bonchev–Trinajstić information content (AvgIpc) is 3.32. The van der Waals surface area contributed by atoms with Crippen molar-refractivity contribution in [2.24, 2.45) is 0 Å². The summed E-state index contributed by atoms with van der Waals surface area (Å²) in [6.45, 7) is 3.74. The summed E-state index contributed by atoms with van der Waals surface area (Å²) in [4.78, 5) is 21.4. The van der Waals surface area contributed by atoms with E-state index >= 15 is 0 Å². The van der Waals surface area contributed by atoms with Gasteiger partial charge in [-0.1, -0.05) is 65.8 Å². The van der Waals surface area contributed by atoms with E-state index in [0.717, 1.165) is 43.5 Å². The molecule has 4 aromatic rings. The minimum absolute atomic E-state index is 0.228. The van der Waals surface area contributed by atoms with Gasteiger partial charge in [-0.3, -0.25) is 9.69 Å². The van der Waals surface area contributed by atoms with Gasteiger partial charge in [0.15, 0.2) is 5.82 Å². The molecule has 0 atom stereocenters. The fraction of sp³-hybridized carbons (Fsp3) is 0.269. The molecule has 0 spiro atoms. The summed E-state index contributed by atoms with van der Waals surface area (Å²) in [6, 6.07) is 24.6. The molecular weight excluding hydrogens is 400 g/mol. The number of hydrogen-bond donors (Lipinski definition) is 0. The molecule has 2 heterocycles. The predicted molar refractivity (Wildman–Crippen MR) is 124 cm³/mol. The molecule has 32 heavy (non-hydrogen) atoms. The Bertz CT molecular complexity index is 1200. The van der Waals surface area contributed by atoms with E-state index in [4.69, 9.17) is 4.52 Å². The molecule has 3 aromatic carbocycles. The molecule has 0 bridgehead atoms. The van der Waals surface area contributed by atoms with E-state index in [9.17, 15) is 4.79 Å². The average molecular weight is 427 g/mol. The molecule has 1 aromatic heterocycles. The third-order valence-corrected chi connectivity index (χ3v) is 6.02. The first-order valence-electron chi connectivity index (χ1n) is 11.1. The minimum Gasteiger partial charge on any atom is -0.340 e. The SMILES string of the molecule is O=C(CCc1ccccc1)N1CCN(Cc2noc(-c3ccc4ccccc4c3)n2)CC1. The summed E-state index contributed by atoms with van der Waals surface area (Å²) < 4.78 is 5.52. The number of aromatic nitrogens is 2. The maximum Gasteiger partial charge on any atom is 0.257 e. The fourth-order valence-electron chi connectivity index (χ4n) is 4.17. The summed E-state index contributed by atoms with van der Waals surface area (Å²) in [5.41, 5.74) is 2.13. The lowest BCUT2D eigenvalue weighted by atomic mass is 10.1. The molecule has 6 heteroatoms. The number of amides is 1. The van der Waals surface area contributed by atoms with Gasteiger partial charge < -0.3 is 9.42 Å². The number of hydrogen-bond acceptors (Lipinski definition) is 5. The van der Waals surface area contributed by atoms with Crippen LogP contribution in [0.15, 0.2) is 77.3 Å². The van der Waals surface area contributed by atoms with Gasteiger partial charge in [-0.15, -0.1) is 0 Å². The molecular formula is C26H26N4O2. The molecule has 1 aliphatic rings. The first-order chi connectivity index (χ1) is 15.7. The van der Waals surface area contributed by atoms with Gasteiger partial charge in [0.05, 0.1) is 6.54 Å². The number of carbonyl (C=O) groups is 1. The van der Waals surface area contributed by atoms with Crippen LogP contribution < -0.4 is 0 Å². The summed E-state index contributed by atoms with van der Waals surface area (Å²) in [6.07, 6.45) is 1.35. The van der Waals surface area contributed by atoms with E-state index in [0.29, 0.717) is 24.7 Å². The van der Waals surface area contributed by atoms with Crippen LogP contribution in [0.4, 0.5) is 0 Å². The van der Waals surface area contributed by atoms with Crippen LogP contribution in [0.1, 0.15) is 17.8 Å². The number of piperazine rings is 1. The number of carbonyl (C=O) groups excluding carboxylic acids is 1. The van der Waals surface area contributed by atoms with Gasteiger partial charge in [0.2, 0.25) is 5.91 Å². The van der Waals surface area contributed by atoms with Crippen LogP contribution in [-0.2, 0) is 17.8 Å². The van der Waals surface area contributed by atoms with Crippen LogP contribution in [0.2, 0.25) is 0 Å². The molecule has 1 amide bonds. The van der Waals surface area contributed by atoms with E-state index in [-0.39, 0.29) is 5.91 Å². The Morgan fingerprint density at radius 3 is 2.44 bits per heavy atom. The van der Waals surface area contributed by atoms with Crippen molar-refractivity contribution in [1.82, 2.24) is 19.9 Å². The van der Waals surface area contributed by atoms with Crippen LogP contribution in [0, 0.1) is 0 Å². The second-order valence-corrected chi connectivity index (χ2v) is 8.22. The summed E-state index contributed by atoms with van der Waals surface area (Å²) in [7, 11) is 0. The zero-order chi connectivity index (χ0) is 21.8. The van der Waals surface area contributed by atoms with Crippen LogP contribution in [0.5, 0.6) is 0 Å². The Hall–Kier alpha value is -3.51. The van der Waals surface area contributed by atoms with E-state index < -0.39 is 0 Å². The molecule has 0 aliphatic carbocycles. The van der Waals surface area contributed by atoms with Gasteiger partial charge in [0.25, 0.3) is 5.89 Å². The van der Waals surface area contributed by atoms with Crippen molar-refractivity contribution < 1.29 is 9.32 Å². The second-order valence-electron chi connectivity index (χ2n) is 8.22. The lowest BCUT2D eigenvalue weighted by Crippen LogP contribution is -2.48. The molecule has 0 unspecified atom stereocenters. The van der Waals surface area contributed by atoms with Crippen LogP contribution in [0.25, 0.3) is 22.2 Å². The summed E-state index contributed by atoms with van der Waals surface area (Å²) in [5.74, 6) is 1.45. The van der Waals surface area contributed by atoms with Crippen LogP contribution >= 0.6 is 0 Å². The highest BCUT2D eigenvalue weighted by molar-refractivity contribution is 5.86. The molecule has 1 saturated heterocycles. The Kier molecular flexibility index (Phi) is 5.94. The zero-order valence-electron chi connectivity index (χ0n) is 18.0. The molecule has 1 fully saturated rings. The summed E-state index contributed by atoms with van der Waals surface area (Å²) >= 11 is 0. The Labute approximate surface area is 187 Å². The second kappa shape index (κ2) is 9.32. The third kappa shape index (κ3) is 4.70. The minimum atomic E-state index is 0.228. The Balaban J connectivity index is 1.13. The molecule has 0 saturated carbocycles. The van der Waals surface area contributed by atoms with Gasteiger partial charge in [-0.05, 0) is 34.9 Å². The standard InChI is InChI=1S/C26H26N4O2/c31-25(13-10-20-6-2-1-3-7-20)30-16-14-29(15-17-30)19-24-27-26(32-28-24)23-12-11-21-8-4-5-9-22(21)18-23/h1-9,11-12,18H,10,13-17,19H2. The molecule has 162 valence electrons. The zero-order valence-corrected chi connectivity index (χ0v) is 18.0. The van der Waals surface area contributed by atoms with Crippen molar-refractivity contribution in [3.8, 4) is 11.5 Å². The highest BCUT2D eigenvalue weighted by Gasteiger charge is 2.22. The van der Waals surface area contributed by atoms with Crippen molar-refractivity contribution in [1.29, 1.82) is 0 Å². The van der Waals surface area contributed by atoms with Crippen molar-refractivity contribution in [3.05, 3.63) is 84.2 Å². The largest absolute Gasteiger partial charge is 0.340 e. The molecule has 5 rings (SSSR count). The molecule has 6 nitrogen and oxygen atoms in total. The molecule has 1 aliphatic heterocycles. The summed E-state index contributed by atoms with van der Waals surface area (Å²) in [5, 5.41) is 6.51. The molecule has 0 N–H and O–H groups in total. The maximum absolute atomic E-state index is 12.6. The van der Waals surface area contributed by atoms with Crippen molar-refractivity contribution in [3.63, 3.8) is 0 Å². The Morgan fingerprint density at radius 1 is 0.875 bits per heavy atom. The van der Waals surface area contributed by atoms with Crippen molar-refractivity contribution >= 4 is 16.7 Å². The van der Waals surface area contributed by atoms with Crippen molar-refractivity contribution in [2.75, 3.05) is 26.2 Å². The Morgan fingerprint density at radius 2 is 1.62 bits per heavy atom. The van der Waals surface area contributed by atoms with Gasteiger partial charge in [-0.2, -0.15) is 4.98 Å². The van der Waals surface area contributed by atoms with Crippen LogP contribution in [0.3, 0.4) is 0 Å². The fourth-order valence-corrected chi connectivity index (χ4v) is 4.17. The van der Waals surface area contributed by atoms with Crippen LogP contribution in [-0.4, -0.2) is 52.0 Å². The monoisotopic (exact) mass is 426 g/mol. The number of aryl methyl sites for hydroxylation is 1. The van der Waals surface area contributed by atoms with Crippen molar-refractivity contribution in [2.45, 2.75) is 19.4 Å². The number of nitrogens with zero attached hydrogens (tertiary/aromatic N) is 4. The normalized spacial score (nSPS) is 14.7. The van der Waals surface area contributed by atoms with E-state index in [1.807, 2.05) is 41.3 Å². The third-order valence-electron chi connectivity index (χ3n) is 6.02. The number of rotatable bonds is 6. The van der Waals surface area contributed by atoms with Gasteiger partial charge in [-0.25, -0.2) is 0 Å². The van der Waals surface area contributed by atoms with Gasteiger partial charge in [0.1, 0.15) is 0 Å². The quantitative estimate of drug-likeness (QED) is 0.463. The number of fused-ring (bicyclic) bond motifs is 1. The van der Waals surface area contributed by atoms with E-state index in [1.165, 1.54) is 10.9 Å².